The van der Waals surface area contributed by atoms with Crippen molar-refractivity contribution in [2.45, 2.75) is 69.1 Å². The van der Waals surface area contributed by atoms with E-state index in [9.17, 15) is 37.2 Å². The number of benzene rings is 4. The normalized spacial score (nSPS) is 16.0. The lowest BCUT2D eigenvalue weighted by Gasteiger charge is -2.33. The van der Waals surface area contributed by atoms with Crippen LogP contribution in [0, 0.1) is 34.6 Å². The number of aromatic carboxylic acids is 1. The molecule has 0 bridgehead atoms. The van der Waals surface area contributed by atoms with Crippen LogP contribution >= 0.6 is 15.9 Å². The second-order valence-electron chi connectivity index (χ2n) is 13.9. The number of nitriles is 1. The molecule has 0 saturated heterocycles. The van der Waals surface area contributed by atoms with E-state index in [1.807, 2.05) is 18.2 Å². The number of hydrogen-bond acceptors (Lipinski definition) is 6. The summed E-state index contributed by atoms with van der Waals surface area (Å²) in [6.45, 7) is -0.0684. The van der Waals surface area contributed by atoms with Gasteiger partial charge in [0.15, 0.2) is 29.0 Å². The van der Waals surface area contributed by atoms with E-state index in [-0.39, 0.29) is 33.5 Å². The topological polar surface area (TPSA) is 137 Å². The molecular weight excluding hydrogens is 794 g/mol. The molecule has 9 nitrogen and oxygen atoms in total. The predicted octanol–water partition coefficient (Wildman–Crippen LogP) is 8.26. The van der Waals surface area contributed by atoms with Crippen molar-refractivity contribution in [2.75, 3.05) is 10.5 Å². The highest BCUT2D eigenvalue weighted by Gasteiger charge is 2.54. The van der Waals surface area contributed by atoms with Crippen molar-refractivity contribution in [1.82, 2.24) is 4.90 Å². The van der Waals surface area contributed by atoms with Gasteiger partial charge in [0, 0.05) is 35.8 Å². The average Bonchev–Trinajstić information content (AvgIpc) is 3.99. The summed E-state index contributed by atoms with van der Waals surface area (Å²) in [5, 5.41) is 19.0. The zero-order valence-electron chi connectivity index (χ0n) is 28.5. The van der Waals surface area contributed by atoms with Gasteiger partial charge in [-0.2, -0.15) is 5.26 Å². The minimum atomic E-state index is -4.95. The number of ether oxygens (including phenoxy) is 1. The Morgan fingerprint density at radius 3 is 2.09 bits per heavy atom. The molecule has 0 spiro atoms. The molecule has 3 aliphatic rings. The highest BCUT2D eigenvalue weighted by Crippen LogP contribution is 2.47. The highest BCUT2D eigenvalue weighted by atomic mass is 79.9. The van der Waals surface area contributed by atoms with E-state index in [0.29, 0.717) is 24.7 Å². The maximum Gasteiger partial charge on any atom is 0.335 e. The number of rotatable bonds is 14. The third kappa shape index (κ3) is 7.81. The van der Waals surface area contributed by atoms with E-state index in [4.69, 9.17) is 4.74 Å². The van der Waals surface area contributed by atoms with E-state index >= 15 is 8.78 Å². The number of hydrogen-bond donors (Lipinski definition) is 2. The van der Waals surface area contributed by atoms with Crippen LogP contribution in [-0.2, 0) is 27.8 Å². The first-order valence-electron chi connectivity index (χ1n) is 17.2. The number of nitrogens with zero attached hydrogens (tertiary/aromatic N) is 2. The number of nitrogens with one attached hydrogen (secondary N) is 1. The minimum Gasteiger partial charge on any atom is -0.478 e. The van der Waals surface area contributed by atoms with Crippen LogP contribution in [0.1, 0.15) is 94.1 Å². The van der Waals surface area contributed by atoms with Gasteiger partial charge < -0.3 is 9.84 Å². The van der Waals surface area contributed by atoms with Crippen molar-refractivity contribution < 1.29 is 45.4 Å². The Labute approximate surface area is 316 Å². The maximum atomic E-state index is 15.4. The van der Waals surface area contributed by atoms with E-state index < -0.39 is 74.3 Å². The van der Waals surface area contributed by atoms with Crippen molar-refractivity contribution in [3.63, 3.8) is 0 Å². The van der Waals surface area contributed by atoms with Crippen molar-refractivity contribution in [3.8, 4) is 11.8 Å². The molecule has 0 heterocycles. The van der Waals surface area contributed by atoms with Gasteiger partial charge in [-0.25, -0.2) is 30.8 Å². The van der Waals surface area contributed by atoms with Gasteiger partial charge in [0.25, 0.3) is 0 Å². The van der Waals surface area contributed by atoms with Gasteiger partial charge in [-0.1, -0.05) is 30.3 Å². The van der Waals surface area contributed by atoms with Gasteiger partial charge in [0.05, 0.1) is 16.8 Å². The Bertz CT molecular complexity index is 2310. The number of carboxylic acid groups (broad SMARTS) is 1. The molecule has 3 saturated carbocycles. The molecule has 2 N–H and O–H groups in total. The van der Waals surface area contributed by atoms with Crippen LogP contribution in [0.2, 0.25) is 0 Å². The van der Waals surface area contributed by atoms with E-state index in [2.05, 4.69) is 22.0 Å². The third-order valence-electron chi connectivity index (χ3n) is 9.87. The van der Waals surface area contributed by atoms with Crippen molar-refractivity contribution >= 4 is 43.5 Å². The van der Waals surface area contributed by atoms with Crippen LogP contribution in [0.3, 0.4) is 0 Å². The number of halogens is 5. The molecule has 0 atom stereocenters. The molecule has 54 heavy (non-hydrogen) atoms. The lowest BCUT2D eigenvalue weighted by Crippen LogP contribution is -2.48. The van der Waals surface area contributed by atoms with Crippen molar-refractivity contribution in [3.05, 3.63) is 127 Å². The summed E-state index contributed by atoms with van der Waals surface area (Å²) in [5.41, 5.74) is -0.446. The molecule has 15 heteroatoms. The summed E-state index contributed by atoms with van der Waals surface area (Å²) in [4.78, 5) is 26.9. The molecule has 0 aromatic heterocycles. The summed E-state index contributed by atoms with van der Waals surface area (Å²) in [5.74, 6) is -10.8. The molecule has 3 fully saturated rings. The van der Waals surface area contributed by atoms with Crippen LogP contribution in [-0.4, -0.2) is 41.8 Å². The molecule has 4 aromatic carbocycles. The van der Waals surface area contributed by atoms with Crippen LogP contribution in [0.15, 0.2) is 65.1 Å². The molecule has 0 radical (unpaired) electrons. The van der Waals surface area contributed by atoms with Crippen LogP contribution in [0.4, 0.5) is 23.2 Å². The molecule has 1 amide bonds. The number of sulfonamides is 1. The van der Waals surface area contributed by atoms with Crippen molar-refractivity contribution in [2.24, 2.45) is 0 Å². The fourth-order valence-electron chi connectivity index (χ4n) is 6.62. The molecule has 7 rings (SSSR count). The summed E-state index contributed by atoms with van der Waals surface area (Å²) >= 11 is 3.18. The lowest BCUT2D eigenvalue weighted by atomic mass is 9.98. The number of carboxylic acids is 1. The molecule has 0 unspecified atom stereocenters. The highest BCUT2D eigenvalue weighted by molar-refractivity contribution is 9.10. The monoisotopic (exact) mass is 825 g/mol. The van der Waals surface area contributed by atoms with Gasteiger partial charge in [-0.3, -0.25) is 14.4 Å². The van der Waals surface area contributed by atoms with E-state index in [0.717, 1.165) is 42.4 Å². The van der Waals surface area contributed by atoms with Gasteiger partial charge >= 0.3 is 5.97 Å². The summed E-state index contributed by atoms with van der Waals surface area (Å²) < 4.78 is 95.6. The predicted molar refractivity (Wildman–Crippen MR) is 192 cm³/mol. The standard InChI is InChI=1S/C39H32BrF4N3O6S/c40-31-3-1-2-25(30(31)18-45)17-29-33(41)34(42)35(43)36(44)37(29)46-54(51,52)20-32(48)47(39(12-13-39)53-28-10-8-24(9-11-28)38(49)50)19-21-14-26(22-4-5-22)16-27(15-21)23-6-7-23/h1-3,8-11,14-16,22-23,46H,4-7,12-13,17,19-20H2,(H,49,50). The Balaban J connectivity index is 1.22. The average molecular weight is 827 g/mol. The zero-order valence-corrected chi connectivity index (χ0v) is 30.9. The smallest absolute Gasteiger partial charge is 0.335 e. The Hall–Kier alpha value is -4.94. The maximum absolute atomic E-state index is 15.4. The number of anilines is 1. The van der Waals surface area contributed by atoms with Gasteiger partial charge in [-0.15, -0.1) is 0 Å². The molecule has 0 aliphatic heterocycles. The summed E-state index contributed by atoms with van der Waals surface area (Å²) in [7, 11) is -4.95. The Morgan fingerprint density at radius 2 is 1.54 bits per heavy atom. The third-order valence-corrected chi connectivity index (χ3v) is 11.7. The van der Waals surface area contributed by atoms with Crippen LogP contribution < -0.4 is 9.46 Å². The van der Waals surface area contributed by atoms with Gasteiger partial charge in [0.2, 0.25) is 15.9 Å². The summed E-state index contributed by atoms with van der Waals surface area (Å²) in [6, 6.07) is 17.9. The summed E-state index contributed by atoms with van der Waals surface area (Å²) in [6.07, 6.45) is 4.00. The first kappa shape index (κ1) is 37.4. The second kappa shape index (κ2) is 14.4. The minimum absolute atomic E-state index is 0.00538. The fraction of sp³-hybridized carbons (Fsp3) is 0.308. The lowest BCUT2D eigenvalue weighted by molar-refractivity contribution is -0.140. The zero-order chi connectivity index (χ0) is 38.5. The SMILES string of the molecule is N#Cc1c(Br)cccc1Cc1c(F)c(F)c(F)c(F)c1NS(=O)(=O)CC(=O)N(Cc1cc(C2CC2)cc(C2CC2)c1)C1(Oc2ccc(C(=O)O)cc2)CC1. The van der Waals surface area contributed by atoms with Crippen LogP contribution in [0.5, 0.6) is 5.75 Å². The van der Waals surface area contributed by atoms with E-state index in [1.165, 1.54) is 47.4 Å². The molecular formula is C39H32BrF4N3O6S. The number of amides is 1. The van der Waals surface area contributed by atoms with Crippen LogP contribution in [0.25, 0.3) is 0 Å². The Kier molecular flexibility index (Phi) is 9.95. The van der Waals surface area contributed by atoms with Gasteiger partial charge in [0.1, 0.15) is 17.6 Å². The largest absolute Gasteiger partial charge is 0.478 e. The fourth-order valence-corrected chi connectivity index (χ4v) is 8.19. The molecule has 3 aliphatic carbocycles. The first-order chi connectivity index (χ1) is 25.7. The van der Waals surface area contributed by atoms with Crippen molar-refractivity contribution in [1.29, 1.82) is 5.26 Å². The molecule has 280 valence electrons. The van der Waals surface area contributed by atoms with Gasteiger partial charge in [-0.05, 0) is 106 Å². The van der Waals surface area contributed by atoms with E-state index in [1.54, 1.807) is 4.72 Å². The first-order valence-corrected chi connectivity index (χ1v) is 19.6. The Morgan fingerprint density at radius 1 is 0.926 bits per heavy atom. The second-order valence-corrected chi connectivity index (χ2v) is 16.5. The molecule has 4 aromatic rings. The number of carbonyl (C=O) groups excluding carboxylic acids is 1. The number of carbonyl (C=O) groups is 2. The quantitative estimate of drug-likeness (QED) is 0.0566.